The molecule has 1 aromatic rings. The van der Waals surface area contributed by atoms with Crippen LogP contribution in [0.3, 0.4) is 0 Å². The summed E-state index contributed by atoms with van der Waals surface area (Å²) in [6.45, 7) is 4.39. The molecule has 0 spiro atoms. The van der Waals surface area contributed by atoms with Crippen LogP contribution in [0.2, 0.25) is 0 Å². The first-order chi connectivity index (χ1) is 6.68. The van der Waals surface area contributed by atoms with Crippen molar-refractivity contribution in [3.8, 4) is 5.75 Å². The molecule has 14 heavy (non-hydrogen) atoms. The van der Waals surface area contributed by atoms with E-state index in [1.54, 1.807) is 6.26 Å². The van der Waals surface area contributed by atoms with E-state index in [9.17, 15) is 0 Å². The number of fused-ring (bicyclic) bond motifs is 1. The molecule has 0 atom stereocenters. The van der Waals surface area contributed by atoms with E-state index in [2.05, 4.69) is 30.9 Å². The molecule has 2 rings (SSSR count). The highest BCUT2D eigenvalue weighted by atomic mass is 16.5. The molecule has 0 aromatic heterocycles. The minimum Gasteiger partial charge on any atom is -0.461 e. The predicted octanol–water partition coefficient (Wildman–Crippen LogP) is 3.11. The Bertz CT molecular complexity index is 369. The standard InChI is InChI=1S/C12H15NO/c1-9(2)10-4-5-12-11(8-10)13(3)6-7-14-12/h4-9H,1-3H3. The Kier molecular flexibility index (Phi) is 2.20. The molecule has 2 nitrogen and oxygen atoms in total. The third kappa shape index (κ3) is 1.48. The molecular formula is C12H15NO. The van der Waals surface area contributed by atoms with Crippen LogP contribution in [0.5, 0.6) is 5.75 Å². The number of nitrogens with zero attached hydrogens (tertiary/aromatic N) is 1. The Hall–Kier alpha value is -1.44. The van der Waals surface area contributed by atoms with Gasteiger partial charge in [0.2, 0.25) is 0 Å². The van der Waals surface area contributed by atoms with Crippen LogP contribution >= 0.6 is 0 Å². The SMILES string of the molecule is CC(C)c1ccc2c(c1)N(C)C=CO2. The number of hydrogen-bond acceptors (Lipinski definition) is 2. The topological polar surface area (TPSA) is 12.5 Å². The average molecular weight is 189 g/mol. The molecule has 0 fully saturated rings. The minimum absolute atomic E-state index is 0.555. The number of anilines is 1. The quantitative estimate of drug-likeness (QED) is 0.673. The summed E-state index contributed by atoms with van der Waals surface area (Å²) in [4.78, 5) is 2.07. The van der Waals surface area contributed by atoms with Gasteiger partial charge in [0.05, 0.1) is 5.69 Å². The summed E-state index contributed by atoms with van der Waals surface area (Å²) in [6, 6.07) is 6.34. The highest BCUT2D eigenvalue weighted by molar-refractivity contribution is 5.63. The molecule has 0 amide bonds. The zero-order chi connectivity index (χ0) is 10.1. The highest BCUT2D eigenvalue weighted by Crippen LogP contribution is 2.33. The fraction of sp³-hybridized carbons (Fsp3) is 0.333. The first-order valence-electron chi connectivity index (χ1n) is 4.88. The van der Waals surface area contributed by atoms with E-state index in [1.807, 2.05) is 19.3 Å². The maximum Gasteiger partial charge on any atom is 0.150 e. The van der Waals surface area contributed by atoms with Crippen molar-refractivity contribution in [1.29, 1.82) is 0 Å². The van der Waals surface area contributed by atoms with Crippen LogP contribution in [0.1, 0.15) is 25.3 Å². The van der Waals surface area contributed by atoms with Gasteiger partial charge in [0, 0.05) is 13.2 Å². The smallest absolute Gasteiger partial charge is 0.150 e. The lowest BCUT2D eigenvalue weighted by molar-refractivity contribution is 0.471. The molecule has 0 saturated heterocycles. The fourth-order valence-electron chi connectivity index (χ4n) is 1.54. The molecule has 0 N–H and O–H groups in total. The largest absolute Gasteiger partial charge is 0.461 e. The van der Waals surface area contributed by atoms with Gasteiger partial charge >= 0.3 is 0 Å². The average Bonchev–Trinajstić information content (AvgIpc) is 2.18. The number of rotatable bonds is 1. The van der Waals surface area contributed by atoms with Crippen molar-refractivity contribution in [3.05, 3.63) is 36.2 Å². The summed E-state index contributed by atoms with van der Waals surface area (Å²) < 4.78 is 5.41. The zero-order valence-corrected chi connectivity index (χ0v) is 8.82. The maximum absolute atomic E-state index is 5.41. The van der Waals surface area contributed by atoms with Gasteiger partial charge in [-0.3, -0.25) is 0 Å². The molecule has 1 aromatic carbocycles. The van der Waals surface area contributed by atoms with Gasteiger partial charge in [-0.15, -0.1) is 0 Å². The summed E-state index contributed by atoms with van der Waals surface area (Å²) >= 11 is 0. The summed E-state index contributed by atoms with van der Waals surface area (Å²) in [5.74, 6) is 1.49. The molecule has 1 aliphatic heterocycles. The van der Waals surface area contributed by atoms with E-state index < -0.39 is 0 Å². The van der Waals surface area contributed by atoms with E-state index in [-0.39, 0.29) is 0 Å². The van der Waals surface area contributed by atoms with Gasteiger partial charge in [0.25, 0.3) is 0 Å². The lowest BCUT2D eigenvalue weighted by Gasteiger charge is -2.23. The van der Waals surface area contributed by atoms with Crippen molar-refractivity contribution in [2.24, 2.45) is 0 Å². The van der Waals surface area contributed by atoms with Crippen molar-refractivity contribution in [3.63, 3.8) is 0 Å². The first kappa shape index (κ1) is 9.13. The van der Waals surface area contributed by atoms with Crippen LogP contribution in [0.4, 0.5) is 5.69 Å². The number of hydrogen-bond donors (Lipinski definition) is 0. The molecule has 0 radical (unpaired) electrons. The van der Waals surface area contributed by atoms with Gasteiger partial charge in [0.15, 0.2) is 0 Å². The van der Waals surface area contributed by atoms with Crippen LogP contribution < -0.4 is 9.64 Å². The van der Waals surface area contributed by atoms with Crippen LogP contribution in [0, 0.1) is 0 Å². The van der Waals surface area contributed by atoms with Crippen molar-refractivity contribution in [2.45, 2.75) is 19.8 Å². The summed E-state index contributed by atoms with van der Waals surface area (Å²) in [7, 11) is 2.03. The molecule has 0 bridgehead atoms. The Morgan fingerprint density at radius 2 is 2.07 bits per heavy atom. The van der Waals surface area contributed by atoms with Crippen LogP contribution in [0.15, 0.2) is 30.7 Å². The Morgan fingerprint density at radius 1 is 1.29 bits per heavy atom. The fourth-order valence-corrected chi connectivity index (χ4v) is 1.54. The van der Waals surface area contributed by atoms with Gasteiger partial charge in [-0.25, -0.2) is 0 Å². The Morgan fingerprint density at radius 3 is 2.79 bits per heavy atom. The molecule has 0 unspecified atom stereocenters. The zero-order valence-electron chi connectivity index (χ0n) is 8.82. The van der Waals surface area contributed by atoms with Gasteiger partial charge in [0.1, 0.15) is 12.0 Å². The van der Waals surface area contributed by atoms with Gasteiger partial charge in [-0.05, 0) is 23.6 Å². The number of ether oxygens (including phenoxy) is 1. The second-order valence-electron chi connectivity index (χ2n) is 3.90. The maximum atomic E-state index is 5.41. The molecule has 74 valence electrons. The highest BCUT2D eigenvalue weighted by Gasteiger charge is 2.12. The summed E-state index contributed by atoms with van der Waals surface area (Å²) in [6.07, 6.45) is 3.63. The predicted molar refractivity (Wildman–Crippen MR) is 58.7 cm³/mol. The second kappa shape index (κ2) is 3.37. The van der Waals surface area contributed by atoms with E-state index in [0.717, 1.165) is 11.4 Å². The van der Waals surface area contributed by atoms with E-state index >= 15 is 0 Å². The van der Waals surface area contributed by atoms with Crippen molar-refractivity contribution >= 4 is 5.69 Å². The van der Waals surface area contributed by atoms with E-state index in [4.69, 9.17) is 4.74 Å². The van der Waals surface area contributed by atoms with Crippen molar-refractivity contribution < 1.29 is 4.74 Å². The first-order valence-corrected chi connectivity index (χ1v) is 4.88. The van der Waals surface area contributed by atoms with E-state index in [0.29, 0.717) is 5.92 Å². The third-order valence-corrected chi connectivity index (χ3v) is 2.51. The third-order valence-electron chi connectivity index (χ3n) is 2.51. The lowest BCUT2D eigenvalue weighted by atomic mass is 10.0. The summed E-state index contributed by atoms with van der Waals surface area (Å²) in [5.41, 5.74) is 2.48. The van der Waals surface area contributed by atoms with Gasteiger partial charge in [-0.1, -0.05) is 19.9 Å². The van der Waals surface area contributed by atoms with Crippen LogP contribution in [0.25, 0.3) is 0 Å². The van der Waals surface area contributed by atoms with Crippen LogP contribution in [-0.2, 0) is 0 Å². The molecule has 0 saturated carbocycles. The molecule has 1 heterocycles. The lowest BCUT2D eigenvalue weighted by Crippen LogP contribution is -2.13. The Labute approximate surface area is 84.8 Å². The van der Waals surface area contributed by atoms with Crippen molar-refractivity contribution in [1.82, 2.24) is 0 Å². The normalized spacial score (nSPS) is 14.1. The van der Waals surface area contributed by atoms with E-state index in [1.165, 1.54) is 5.56 Å². The van der Waals surface area contributed by atoms with Crippen LogP contribution in [-0.4, -0.2) is 7.05 Å². The number of benzene rings is 1. The monoisotopic (exact) mass is 189 g/mol. The molecular weight excluding hydrogens is 174 g/mol. The summed E-state index contributed by atoms with van der Waals surface area (Å²) in [5, 5.41) is 0. The van der Waals surface area contributed by atoms with Crippen molar-refractivity contribution in [2.75, 3.05) is 11.9 Å². The molecule has 0 aliphatic carbocycles. The second-order valence-corrected chi connectivity index (χ2v) is 3.90. The minimum atomic E-state index is 0.555. The molecule has 1 aliphatic rings. The Balaban J connectivity index is 2.44. The van der Waals surface area contributed by atoms with Gasteiger partial charge < -0.3 is 9.64 Å². The van der Waals surface area contributed by atoms with Gasteiger partial charge in [-0.2, -0.15) is 0 Å². The molecule has 2 heteroatoms.